The molecule has 0 saturated heterocycles. The Labute approximate surface area is 152 Å². The smallest absolute Gasteiger partial charge is 0.0231 e. The van der Waals surface area contributed by atoms with Crippen LogP contribution in [0.3, 0.4) is 0 Å². The Morgan fingerprint density at radius 1 is 0.708 bits per heavy atom. The summed E-state index contributed by atoms with van der Waals surface area (Å²) in [6, 6.07) is 0. The molecule has 2 saturated carbocycles. The molecule has 2 aliphatic rings. The molecule has 0 aromatic heterocycles. The van der Waals surface area contributed by atoms with Gasteiger partial charge in [0.1, 0.15) is 0 Å². The molecule has 0 aliphatic heterocycles. The van der Waals surface area contributed by atoms with Crippen LogP contribution in [0.4, 0.5) is 0 Å². The van der Waals surface area contributed by atoms with Gasteiger partial charge in [-0.05, 0) is 63.2 Å². The van der Waals surface area contributed by atoms with Gasteiger partial charge in [0.2, 0.25) is 0 Å². The second-order valence-corrected chi connectivity index (χ2v) is 8.64. The van der Waals surface area contributed by atoms with Gasteiger partial charge in [-0.1, -0.05) is 88.5 Å². The van der Waals surface area contributed by atoms with Crippen molar-refractivity contribution in [1.82, 2.24) is 0 Å². The van der Waals surface area contributed by atoms with Crippen LogP contribution < -0.4 is 0 Å². The third kappa shape index (κ3) is 7.58. The zero-order chi connectivity index (χ0) is 17.0. The highest BCUT2D eigenvalue weighted by Crippen LogP contribution is 2.36. The van der Waals surface area contributed by atoms with Gasteiger partial charge in [0, 0.05) is 0 Å². The molecule has 2 aliphatic carbocycles. The predicted octanol–water partition coefficient (Wildman–Crippen LogP) is 8.09. The van der Waals surface area contributed by atoms with E-state index in [1.165, 1.54) is 89.9 Å². The van der Waals surface area contributed by atoms with E-state index in [9.17, 15) is 0 Å². The summed E-state index contributed by atoms with van der Waals surface area (Å²) < 4.78 is 0. The molecular formula is C24H42. The fourth-order valence-electron chi connectivity index (χ4n) is 5.22. The molecule has 0 radical (unpaired) electrons. The van der Waals surface area contributed by atoms with Crippen LogP contribution in [-0.4, -0.2) is 0 Å². The van der Waals surface area contributed by atoms with Gasteiger partial charge in [-0.2, -0.15) is 0 Å². The molecule has 2 atom stereocenters. The fourth-order valence-corrected chi connectivity index (χ4v) is 5.22. The molecule has 2 rings (SSSR count). The van der Waals surface area contributed by atoms with Crippen molar-refractivity contribution >= 4 is 0 Å². The molecule has 0 heteroatoms. The Balaban J connectivity index is 1.51. The van der Waals surface area contributed by atoms with Gasteiger partial charge in [0.15, 0.2) is 0 Å². The zero-order valence-corrected chi connectivity index (χ0v) is 16.5. The predicted molar refractivity (Wildman–Crippen MR) is 108 cm³/mol. The quantitative estimate of drug-likeness (QED) is 0.296. The maximum absolute atomic E-state index is 2.46. The molecule has 24 heavy (non-hydrogen) atoms. The van der Waals surface area contributed by atoms with Crippen molar-refractivity contribution in [3.05, 3.63) is 24.3 Å². The average molecular weight is 331 g/mol. The van der Waals surface area contributed by atoms with E-state index >= 15 is 0 Å². The number of unbranched alkanes of at least 4 members (excludes halogenated alkanes) is 1. The molecule has 0 N–H and O–H groups in total. The standard InChI is InChI=1S/C24H42/c1-3-5-6-11-21-16-18-22(19-17-21)12-7-8-13-24-15-9-14-23(20-24)10-4-2/h3-5,10,21-24H,6-9,11-20H2,1-2H3/b5-3+,10-4-/t21-,22-,23?,24?. The van der Waals surface area contributed by atoms with E-state index in [-0.39, 0.29) is 0 Å². The second-order valence-electron chi connectivity index (χ2n) is 8.64. The Morgan fingerprint density at radius 3 is 2.04 bits per heavy atom. The number of allylic oxidation sites excluding steroid dienone is 4. The van der Waals surface area contributed by atoms with Crippen LogP contribution in [0.25, 0.3) is 0 Å². The second kappa shape index (κ2) is 11.9. The number of hydrogen-bond donors (Lipinski definition) is 0. The highest BCUT2D eigenvalue weighted by molar-refractivity contribution is 4.89. The summed E-state index contributed by atoms with van der Waals surface area (Å²) in [7, 11) is 0. The lowest BCUT2D eigenvalue weighted by Gasteiger charge is -2.29. The lowest BCUT2D eigenvalue weighted by molar-refractivity contribution is 0.242. The van der Waals surface area contributed by atoms with E-state index < -0.39 is 0 Å². The van der Waals surface area contributed by atoms with Crippen LogP contribution in [0.5, 0.6) is 0 Å². The first-order valence-corrected chi connectivity index (χ1v) is 11.1. The van der Waals surface area contributed by atoms with Crippen molar-refractivity contribution in [3.63, 3.8) is 0 Å². The van der Waals surface area contributed by atoms with E-state index in [1.807, 2.05) is 0 Å². The van der Waals surface area contributed by atoms with Crippen molar-refractivity contribution in [2.24, 2.45) is 23.7 Å². The summed E-state index contributed by atoms with van der Waals surface area (Å²) in [4.78, 5) is 0. The lowest BCUT2D eigenvalue weighted by atomic mass is 9.77. The molecule has 0 aromatic carbocycles. The van der Waals surface area contributed by atoms with E-state index in [0.29, 0.717) is 0 Å². The van der Waals surface area contributed by atoms with E-state index in [1.54, 1.807) is 0 Å². The minimum Gasteiger partial charge on any atom is -0.0917 e. The van der Waals surface area contributed by atoms with Gasteiger partial charge in [0.25, 0.3) is 0 Å². The molecule has 2 unspecified atom stereocenters. The maximum Gasteiger partial charge on any atom is -0.0231 e. The third-order valence-electron chi connectivity index (χ3n) is 6.71. The molecular weight excluding hydrogens is 288 g/mol. The molecule has 0 nitrogen and oxygen atoms in total. The Morgan fingerprint density at radius 2 is 1.38 bits per heavy atom. The van der Waals surface area contributed by atoms with Crippen LogP contribution >= 0.6 is 0 Å². The van der Waals surface area contributed by atoms with E-state index in [4.69, 9.17) is 0 Å². The van der Waals surface area contributed by atoms with Crippen LogP contribution in [0.2, 0.25) is 0 Å². The average Bonchev–Trinajstić information content (AvgIpc) is 2.61. The third-order valence-corrected chi connectivity index (χ3v) is 6.71. The van der Waals surface area contributed by atoms with Crippen molar-refractivity contribution in [3.8, 4) is 0 Å². The molecule has 138 valence electrons. The fraction of sp³-hybridized carbons (Fsp3) is 0.833. The summed E-state index contributed by atoms with van der Waals surface area (Å²) in [5.74, 6) is 4.02. The van der Waals surface area contributed by atoms with Crippen LogP contribution in [0, 0.1) is 23.7 Å². The molecule has 0 heterocycles. The molecule has 0 bridgehead atoms. The topological polar surface area (TPSA) is 0 Å². The number of hydrogen-bond acceptors (Lipinski definition) is 0. The minimum atomic E-state index is 0.895. The maximum atomic E-state index is 2.46. The molecule has 0 aromatic rings. The monoisotopic (exact) mass is 330 g/mol. The summed E-state index contributed by atoms with van der Waals surface area (Å²) in [6.45, 7) is 4.32. The van der Waals surface area contributed by atoms with Crippen LogP contribution in [0.1, 0.15) is 104 Å². The largest absolute Gasteiger partial charge is 0.0917 e. The summed E-state index contributed by atoms with van der Waals surface area (Å²) in [5.41, 5.74) is 0. The first-order valence-electron chi connectivity index (χ1n) is 11.1. The summed E-state index contributed by atoms with van der Waals surface area (Å²) >= 11 is 0. The lowest BCUT2D eigenvalue weighted by Crippen LogP contribution is -2.15. The van der Waals surface area contributed by atoms with Gasteiger partial charge in [-0.3, -0.25) is 0 Å². The van der Waals surface area contributed by atoms with Gasteiger partial charge >= 0.3 is 0 Å². The normalized spacial score (nSPS) is 31.9. The van der Waals surface area contributed by atoms with Crippen LogP contribution in [-0.2, 0) is 0 Å². The van der Waals surface area contributed by atoms with Crippen molar-refractivity contribution < 1.29 is 0 Å². The SMILES string of the molecule is C/C=C\C1CCCC(CCCC[C@H]2CC[C@H](CC/C=C/C)CC2)C1. The van der Waals surface area contributed by atoms with Gasteiger partial charge < -0.3 is 0 Å². The number of rotatable bonds is 9. The van der Waals surface area contributed by atoms with Crippen molar-refractivity contribution in [1.29, 1.82) is 0 Å². The van der Waals surface area contributed by atoms with Gasteiger partial charge in [0.05, 0.1) is 0 Å². The highest BCUT2D eigenvalue weighted by Gasteiger charge is 2.22. The van der Waals surface area contributed by atoms with Crippen molar-refractivity contribution in [2.45, 2.75) is 104 Å². The van der Waals surface area contributed by atoms with Crippen LogP contribution in [0.15, 0.2) is 24.3 Å². The molecule has 0 spiro atoms. The molecule has 0 amide bonds. The zero-order valence-electron chi connectivity index (χ0n) is 16.5. The summed E-state index contributed by atoms with van der Waals surface area (Å²) in [6.07, 6.45) is 30.0. The van der Waals surface area contributed by atoms with E-state index in [0.717, 1.165) is 23.7 Å². The first-order chi connectivity index (χ1) is 11.8. The van der Waals surface area contributed by atoms with Gasteiger partial charge in [-0.15, -0.1) is 0 Å². The first kappa shape index (κ1) is 19.8. The minimum absolute atomic E-state index is 0.895. The molecule has 2 fully saturated rings. The Bertz CT molecular complexity index is 356. The van der Waals surface area contributed by atoms with E-state index in [2.05, 4.69) is 38.2 Å². The Hall–Kier alpha value is -0.520. The van der Waals surface area contributed by atoms with Gasteiger partial charge in [-0.25, -0.2) is 0 Å². The van der Waals surface area contributed by atoms with Crippen molar-refractivity contribution in [2.75, 3.05) is 0 Å². The Kier molecular flexibility index (Phi) is 9.85. The summed E-state index contributed by atoms with van der Waals surface area (Å²) in [5, 5.41) is 0. The highest BCUT2D eigenvalue weighted by atomic mass is 14.3.